The zero-order valence-corrected chi connectivity index (χ0v) is 10.5. The molecule has 0 radical (unpaired) electrons. The molecule has 16 heavy (non-hydrogen) atoms. The molecule has 2 saturated carbocycles. The fraction of sp³-hybridized carbons (Fsp3) is 0.929. The Morgan fingerprint density at radius 1 is 1.44 bits per heavy atom. The van der Waals surface area contributed by atoms with Crippen LogP contribution >= 0.6 is 0 Å². The zero-order chi connectivity index (χ0) is 11.8. The van der Waals surface area contributed by atoms with E-state index in [1.165, 1.54) is 0 Å². The summed E-state index contributed by atoms with van der Waals surface area (Å²) in [4.78, 5) is 12.1. The van der Waals surface area contributed by atoms with E-state index in [1.54, 1.807) is 0 Å². The summed E-state index contributed by atoms with van der Waals surface area (Å²) in [5, 5.41) is 10.1. The van der Waals surface area contributed by atoms with Gasteiger partial charge in [0.1, 0.15) is 5.78 Å². The van der Waals surface area contributed by atoms with Crippen LogP contribution in [-0.4, -0.2) is 17.0 Å². The maximum absolute atomic E-state index is 12.1. The average Bonchev–Trinajstić information content (AvgIpc) is 2.26. The fourth-order valence-corrected chi connectivity index (χ4v) is 3.96. The van der Waals surface area contributed by atoms with Gasteiger partial charge in [-0.25, -0.2) is 0 Å². The minimum atomic E-state index is -0.163. The molecular formula is C14H24O2. The Balaban J connectivity index is 2.22. The lowest BCUT2D eigenvalue weighted by Gasteiger charge is -2.50. The number of ketones is 1. The number of aliphatic hydroxyl groups is 1. The second-order valence-corrected chi connectivity index (χ2v) is 5.90. The SMILES string of the molecule is CCC[C@H]1C(O)CC[C@@]2(C)C(=O)CCC[C@H]12. The van der Waals surface area contributed by atoms with Gasteiger partial charge in [-0.3, -0.25) is 4.79 Å². The third kappa shape index (κ3) is 1.81. The Morgan fingerprint density at radius 3 is 2.88 bits per heavy atom. The highest BCUT2D eigenvalue weighted by Crippen LogP contribution is 2.51. The van der Waals surface area contributed by atoms with Crippen molar-refractivity contribution < 1.29 is 9.90 Å². The normalized spacial score (nSPS) is 44.2. The summed E-state index contributed by atoms with van der Waals surface area (Å²) in [5.41, 5.74) is -0.114. The van der Waals surface area contributed by atoms with E-state index >= 15 is 0 Å². The van der Waals surface area contributed by atoms with E-state index in [-0.39, 0.29) is 11.5 Å². The van der Waals surface area contributed by atoms with Crippen LogP contribution in [-0.2, 0) is 4.79 Å². The summed E-state index contributed by atoms with van der Waals surface area (Å²) in [5.74, 6) is 1.27. The van der Waals surface area contributed by atoms with Gasteiger partial charge in [0.2, 0.25) is 0 Å². The first-order chi connectivity index (χ1) is 7.59. The topological polar surface area (TPSA) is 37.3 Å². The predicted octanol–water partition coefficient (Wildman–Crippen LogP) is 2.93. The molecule has 0 bridgehead atoms. The first-order valence-corrected chi connectivity index (χ1v) is 6.81. The zero-order valence-electron chi connectivity index (χ0n) is 10.5. The van der Waals surface area contributed by atoms with E-state index in [9.17, 15) is 9.90 Å². The molecule has 0 aromatic carbocycles. The number of carbonyl (C=O) groups excluding carboxylic acids is 1. The summed E-state index contributed by atoms with van der Waals surface area (Å²) in [7, 11) is 0. The van der Waals surface area contributed by atoms with Crippen molar-refractivity contribution in [3.63, 3.8) is 0 Å². The first kappa shape index (κ1) is 12.1. The standard InChI is InChI=1S/C14H24O2/c1-3-5-10-11-6-4-7-13(16)14(11,2)9-8-12(10)15/h10-12,15H,3-9H2,1-2H3/t10-,11-,12?,14-/m1/s1. The summed E-state index contributed by atoms with van der Waals surface area (Å²) in [6.45, 7) is 4.32. The van der Waals surface area contributed by atoms with Gasteiger partial charge in [-0.2, -0.15) is 0 Å². The van der Waals surface area contributed by atoms with Gasteiger partial charge in [0.15, 0.2) is 0 Å². The second-order valence-electron chi connectivity index (χ2n) is 5.90. The largest absolute Gasteiger partial charge is 0.393 e. The van der Waals surface area contributed by atoms with Crippen molar-refractivity contribution in [2.24, 2.45) is 17.3 Å². The van der Waals surface area contributed by atoms with Crippen molar-refractivity contribution in [2.45, 2.75) is 64.9 Å². The minimum absolute atomic E-state index is 0.114. The van der Waals surface area contributed by atoms with E-state index < -0.39 is 0 Å². The van der Waals surface area contributed by atoms with Crippen LogP contribution in [0.15, 0.2) is 0 Å². The average molecular weight is 224 g/mol. The van der Waals surface area contributed by atoms with E-state index in [1.807, 2.05) is 0 Å². The maximum Gasteiger partial charge on any atom is 0.139 e. The van der Waals surface area contributed by atoms with Gasteiger partial charge in [0.25, 0.3) is 0 Å². The molecule has 0 aliphatic heterocycles. The summed E-state index contributed by atoms with van der Waals surface area (Å²) in [6.07, 6.45) is 6.69. The van der Waals surface area contributed by atoms with E-state index in [0.29, 0.717) is 17.6 Å². The molecule has 0 heterocycles. The molecule has 92 valence electrons. The van der Waals surface area contributed by atoms with Gasteiger partial charge in [0.05, 0.1) is 6.10 Å². The van der Waals surface area contributed by atoms with Crippen LogP contribution in [0, 0.1) is 17.3 Å². The maximum atomic E-state index is 12.1. The van der Waals surface area contributed by atoms with Crippen LogP contribution in [0.4, 0.5) is 0 Å². The third-order valence-electron chi connectivity index (χ3n) is 4.97. The Bertz CT molecular complexity index is 274. The van der Waals surface area contributed by atoms with Crippen LogP contribution < -0.4 is 0 Å². The Morgan fingerprint density at radius 2 is 2.19 bits per heavy atom. The van der Waals surface area contributed by atoms with Gasteiger partial charge in [-0.05, 0) is 43.9 Å². The number of fused-ring (bicyclic) bond motifs is 1. The summed E-state index contributed by atoms with van der Waals surface area (Å²) in [6, 6.07) is 0. The highest BCUT2D eigenvalue weighted by atomic mass is 16.3. The summed E-state index contributed by atoms with van der Waals surface area (Å²) >= 11 is 0. The van der Waals surface area contributed by atoms with E-state index in [4.69, 9.17) is 0 Å². The highest BCUT2D eigenvalue weighted by Gasteiger charge is 2.50. The van der Waals surface area contributed by atoms with Crippen molar-refractivity contribution >= 4 is 5.78 Å². The third-order valence-corrected chi connectivity index (χ3v) is 4.97. The molecule has 2 rings (SSSR count). The Labute approximate surface area is 98.4 Å². The molecule has 2 aliphatic rings. The number of hydrogen-bond acceptors (Lipinski definition) is 2. The molecule has 0 saturated heterocycles. The molecule has 2 nitrogen and oxygen atoms in total. The monoisotopic (exact) mass is 224 g/mol. The molecule has 1 N–H and O–H groups in total. The van der Waals surface area contributed by atoms with Gasteiger partial charge in [0, 0.05) is 11.8 Å². The number of aliphatic hydroxyl groups excluding tert-OH is 1. The highest BCUT2D eigenvalue weighted by molar-refractivity contribution is 5.85. The van der Waals surface area contributed by atoms with Crippen LogP contribution in [0.2, 0.25) is 0 Å². The van der Waals surface area contributed by atoms with Crippen LogP contribution in [0.5, 0.6) is 0 Å². The number of hydrogen-bond donors (Lipinski definition) is 1. The molecular weight excluding hydrogens is 200 g/mol. The lowest BCUT2D eigenvalue weighted by Crippen LogP contribution is -2.50. The van der Waals surface area contributed by atoms with Crippen LogP contribution in [0.1, 0.15) is 58.8 Å². The number of carbonyl (C=O) groups is 1. The number of rotatable bonds is 2. The molecule has 0 amide bonds. The van der Waals surface area contributed by atoms with Gasteiger partial charge < -0.3 is 5.11 Å². The molecule has 0 aromatic rings. The van der Waals surface area contributed by atoms with Gasteiger partial charge in [-0.15, -0.1) is 0 Å². The predicted molar refractivity (Wildman–Crippen MR) is 64.1 cm³/mol. The van der Waals surface area contributed by atoms with Crippen LogP contribution in [0.3, 0.4) is 0 Å². The molecule has 2 fully saturated rings. The van der Waals surface area contributed by atoms with Crippen molar-refractivity contribution in [1.82, 2.24) is 0 Å². The molecule has 0 spiro atoms. The quantitative estimate of drug-likeness (QED) is 0.783. The van der Waals surface area contributed by atoms with Crippen molar-refractivity contribution in [2.75, 3.05) is 0 Å². The second kappa shape index (κ2) is 4.48. The summed E-state index contributed by atoms with van der Waals surface area (Å²) < 4.78 is 0. The Hall–Kier alpha value is -0.370. The molecule has 0 aromatic heterocycles. The molecule has 4 atom stereocenters. The first-order valence-electron chi connectivity index (χ1n) is 6.81. The van der Waals surface area contributed by atoms with Gasteiger partial charge in [-0.1, -0.05) is 20.3 Å². The lowest BCUT2D eigenvalue weighted by molar-refractivity contribution is -0.144. The number of Topliss-reactive ketones (excluding diaryl/α,β-unsaturated/α-hetero) is 1. The van der Waals surface area contributed by atoms with E-state index in [2.05, 4.69) is 13.8 Å². The van der Waals surface area contributed by atoms with Crippen molar-refractivity contribution in [3.05, 3.63) is 0 Å². The van der Waals surface area contributed by atoms with Crippen LogP contribution in [0.25, 0.3) is 0 Å². The molecule has 2 heteroatoms. The van der Waals surface area contributed by atoms with E-state index in [0.717, 1.165) is 44.9 Å². The molecule has 1 unspecified atom stereocenters. The Kier molecular flexibility index (Phi) is 3.39. The van der Waals surface area contributed by atoms with Gasteiger partial charge >= 0.3 is 0 Å². The van der Waals surface area contributed by atoms with Crippen molar-refractivity contribution in [1.29, 1.82) is 0 Å². The minimum Gasteiger partial charge on any atom is -0.393 e. The molecule has 2 aliphatic carbocycles. The fourth-order valence-electron chi connectivity index (χ4n) is 3.96. The van der Waals surface area contributed by atoms with Crippen molar-refractivity contribution in [3.8, 4) is 0 Å². The lowest BCUT2D eigenvalue weighted by atomic mass is 9.55. The smallest absolute Gasteiger partial charge is 0.139 e.